The van der Waals surface area contributed by atoms with Gasteiger partial charge in [-0.1, -0.05) is 0 Å². The molecule has 0 unspecified atom stereocenters. The third-order valence-electron chi connectivity index (χ3n) is 1.90. The molecular weight excluding hydrogens is 214 g/mol. The van der Waals surface area contributed by atoms with E-state index in [1.54, 1.807) is 19.9 Å². The zero-order valence-corrected chi connectivity index (χ0v) is 9.58. The molecule has 0 aliphatic heterocycles. The second-order valence-electron chi connectivity index (χ2n) is 3.39. The number of aromatic nitrogens is 1. The lowest BCUT2D eigenvalue weighted by Gasteiger charge is -2.11. The molecule has 0 radical (unpaired) electrons. The third kappa shape index (κ3) is 3.26. The molecule has 1 aromatic heterocycles. The van der Waals surface area contributed by atoms with E-state index in [-0.39, 0.29) is 17.5 Å². The predicted octanol–water partition coefficient (Wildman–Crippen LogP) is 0.0155. The van der Waals surface area contributed by atoms with Gasteiger partial charge in [0.2, 0.25) is 10.0 Å². The van der Waals surface area contributed by atoms with Gasteiger partial charge in [-0.25, -0.2) is 13.1 Å². The Hall–Kier alpha value is -0.980. The van der Waals surface area contributed by atoms with Crippen LogP contribution in [-0.2, 0) is 10.0 Å². The summed E-state index contributed by atoms with van der Waals surface area (Å²) in [6, 6.07) is 2.89. The minimum absolute atomic E-state index is 0.161. The number of rotatable bonds is 4. The van der Waals surface area contributed by atoms with Crippen LogP contribution in [0.1, 0.15) is 12.6 Å². The highest BCUT2D eigenvalue weighted by Crippen LogP contribution is 2.07. The number of nitrogens with one attached hydrogen (secondary N) is 1. The summed E-state index contributed by atoms with van der Waals surface area (Å²) in [5, 5.41) is 0. The Kier molecular flexibility index (Phi) is 3.78. The second kappa shape index (κ2) is 4.69. The zero-order valence-electron chi connectivity index (χ0n) is 8.77. The van der Waals surface area contributed by atoms with Crippen LogP contribution in [0.5, 0.6) is 0 Å². The van der Waals surface area contributed by atoms with E-state index in [9.17, 15) is 8.42 Å². The third-order valence-corrected chi connectivity index (χ3v) is 3.48. The first-order valence-corrected chi connectivity index (χ1v) is 6.09. The fraction of sp³-hybridized carbons (Fsp3) is 0.444. The van der Waals surface area contributed by atoms with Crippen molar-refractivity contribution in [3.8, 4) is 0 Å². The van der Waals surface area contributed by atoms with E-state index in [1.807, 2.05) is 0 Å². The quantitative estimate of drug-likeness (QED) is 0.762. The van der Waals surface area contributed by atoms with Crippen molar-refractivity contribution in [2.75, 3.05) is 6.54 Å². The van der Waals surface area contributed by atoms with Gasteiger partial charge in [-0.3, -0.25) is 4.98 Å². The van der Waals surface area contributed by atoms with Crippen molar-refractivity contribution >= 4 is 10.0 Å². The smallest absolute Gasteiger partial charge is 0.242 e. The molecule has 0 aliphatic carbocycles. The number of nitrogens with two attached hydrogens (primary N) is 1. The molecule has 84 valence electrons. The lowest BCUT2D eigenvalue weighted by Crippen LogP contribution is -2.37. The summed E-state index contributed by atoms with van der Waals surface area (Å²) in [5.41, 5.74) is 6.12. The normalized spacial score (nSPS) is 13.8. The van der Waals surface area contributed by atoms with Crippen LogP contribution < -0.4 is 10.5 Å². The van der Waals surface area contributed by atoms with E-state index in [4.69, 9.17) is 5.73 Å². The zero-order chi connectivity index (χ0) is 11.5. The van der Waals surface area contributed by atoms with E-state index in [0.717, 1.165) is 5.69 Å². The Balaban J connectivity index is 2.91. The molecule has 6 heteroatoms. The molecule has 0 aliphatic rings. The molecule has 0 bridgehead atoms. The van der Waals surface area contributed by atoms with Crippen LogP contribution in [0, 0.1) is 6.92 Å². The van der Waals surface area contributed by atoms with E-state index in [1.165, 1.54) is 12.3 Å². The molecule has 0 fully saturated rings. The Labute approximate surface area is 89.8 Å². The molecule has 0 saturated carbocycles. The van der Waals surface area contributed by atoms with Crippen LogP contribution in [0.4, 0.5) is 0 Å². The molecule has 5 nitrogen and oxygen atoms in total. The van der Waals surface area contributed by atoms with Gasteiger partial charge in [0.05, 0.1) is 0 Å². The SMILES string of the molecule is Cc1ccc(S(=O)(=O)N[C@H](C)CN)cn1. The van der Waals surface area contributed by atoms with Gasteiger partial charge in [0.15, 0.2) is 0 Å². The van der Waals surface area contributed by atoms with Gasteiger partial charge in [-0.05, 0) is 26.0 Å². The van der Waals surface area contributed by atoms with Crippen molar-refractivity contribution in [2.24, 2.45) is 5.73 Å². The van der Waals surface area contributed by atoms with Gasteiger partial charge >= 0.3 is 0 Å². The molecule has 15 heavy (non-hydrogen) atoms. The lowest BCUT2D eigenvalue weighted by atomic mass is 10.4. The molecule has 0 aromatic carbocycles. The first kappa shape index (κ1) is 12.1. The van der Waals surface area contributed by atoms with E-state index < -0.39 is 10.0 Å². The van der Waals surface area contributed by atoms with Crippen molar-refractivity contribution in [2.45, 2.75) is 24.8 Å². The summed E-state index contributed by atoms with van der Waals surface area (Å²) in [6.45, 7) is 3.77. The highest BCUT2D eigenvalue weighted by molar-refractivity contribution is 7.89. The Morgan fingerprint density at radius 2 is 2.20 bits per heavy atom. The summed E-state index contributed by atoms with van der Waals surface area (Å²) in [4.78, 5) is 4.09. The Morgan fingerprint density at radius 3 is 2.67 bits per heavy atom. The summed E-state index contributed by atoms with van der Waals surface area (Å²) in [7, 11) is -3.48. The molecule has 0 spiro atoms. The van der Waals surface area contributed by atoms with Crippen molar-refractivity contribution in [1.82, 2.24) is 9.71 Å². The molecule has 0 amide bonds. The van der Waals surface area contributed by atoms with Gasteiger partial charge in [0, 0.05) is 24.5 Å². The molecule has 3 N–H and O–H groups in total. The number of aryl methyl sites for hydroxylation is 1. The average Bonchev–Trinajstić information content (AvgIpc) is 2.17. The first-order chi connectivity index (χ1) is 6.95. The van der Waals surface area contributed by atoms with Crippen LogP contribution in [0.3, 0.4) is 0 Å². The summed E-state index contributed by atoms with van der Waals surface area (Å²) >= 11 is 0. The summed E-state index contributed by atoms with van der Waals surface area (Å²) in [5.74, 6) is 0. The van der Waals surface area contributed by atoms with Crippen molar-refractivity contribution in [1.29, 1.82) is 0 Å². The van der Waals surface area contributed by atoms with Gasteiger partial charge in [0.1, 0.15) is 4.90 Å². The standard InChI is InChI=1S/C9H15N3O2S/c1-7-3-4-9(6-11-7)15(13,14)12-8(2)5-10/h3-4,6,8,12H,5,10H2,1-2H3/t8-/m1/s1. The predicted molar refractivity (Wildman–Crippen MR) is 57.8 cm³/mol. The van der Waals surface area contributed by atoms with E-state index >= 15 is 0 Å². The Bertz CT molecular complexity index is 413. The minimum atomic E-state index is -3.48. The van der Waals surface area contributed by atoms with Gasteiger partial charge in [0.25, 0.3) is 0 Å². The Morgan fingerprint density at radius 1 is 1.53 bits per heavy atom. The van der Waals surface area contributed by atoms with E-state index in [2.05, 4.69) is 9.71 Å². The van der Waals surface area contributed by atoms with Crippen molar-refractivity contribution in [3.63, 3.8) is 0 Å². The molecule has 1 heterocycles. The summed E-state index contributed by atoms with van der Waals surface area (Å²) in [6.07, 6.45) is 1.33. The number of hydrogen-bond acceptors (Lipinski definition) is 4. The largest absolute Gasteiger partial charge is 0.329 e. The topological polar surface area (TPSA) is 85.1 Å². The van der Waals surface area contributed by atoms with Gasteiger partial charge in [-0.2, -0.15) is 0 Å². The molecule has 1 aromatic rings. The maximum Gasteiger partial charge on any atom is 0.242 e. The fourth-order valence-electron chi connectivity index (χ4n) is 0.994. The lowest BCUT2D eigenvalue weighted by molar-refractivity contribution is 0.562. The molecule has 1 rings (SSSR count). The number of sulfonamides is 1. The van der Waals surface area contributed by atoms with Crippen LogP contribution in [0.15, 0.2) is 23.2 Å². The van der Waals surface area contributed by atoms with Crippen LogP contribution in [0.25, 0.3) is 0 Å². The van der Waals surface area contributed by atoms with Crippen molar-refractivity contribution < 1.29 is 8.42 Å². The number of nitrogens with zero attached hydrogens (tertiary/aromatic N) is 1. The molecule has 1 atom stereocenters. The molecule has 0 saturated heterocycles. The van der Waals surface area contributed by atoms with Crippen LogP contribution in [0.2, 0.25) is 0 Å². The number of hydrogen-bond donors (Lipinski definition) is 2. The fourth-order valence-corrected chi connectivity index (χ4v) is 2.19. The number of pyridine rings is 1. The van der Waals surface area contributed by atoms with Crippen LogP contribution in [-0.4, -0.2) is 26.0 Å². The average molecular weight is 229 g/mol. The monoisotopic (exact) mass is 229 g/mol. The maximum absolute atomic E-state index is 11.7. The maximum atomic E-state index is 11.7. The first-order valence-electron chi connectivity index (χ1n) is 4.61. The minimum Gasteiger partial charge on any atom is -0.329 e. The highest BCUT2D eigenvalue weighted by Gasteiger charge is 2.16. The molecular formula is C9H15N3O2S. The second-order valence-corrected chi connectivity index (χ2v) is 5.11. The highest BCUT2D eigenvalue weighted by atomic mass is 32.2. The van der Waals surface area contributed by atoms with Gasteiger partial charge < -0.3 is 5.73 Å². The van der Waals surface area contributed by atoms with Gasteiger partial charge in [-0.15, -0.1) is 0 Å². The van der Waals surface area contributed by atoms with Crippen LogP contribution >= 0.6 is 0 Å². The van der Waals surface area contributed by atoms with E-state index in [0.29, 0.717) is 0 Å². The summed E-state index contributed by atoms with van der Waals surface area (Å²) < 4.78 is 25.9. The van der Waals surface area contributed by atoms with Crippen molar-refractivity contribution in [3.05, 3.63) is 24.0 Å².